The van der Waals surface area contributed by atoms with Crippen LogP contribution < -0.4 is 5.73 Å². The first-order chi connectivity index (χ1) is 13.0. The lowest BCUT2D eigenvalue weighted by Gasteiger charge is -2.11. The Morgan fingerprint density at radius 3 is 2.59 bits per heavy atom. The number of primary amides is 1. The van der Waals surface area contributed by atoms with Gasteiger partial charge in [0.1, 0.15) is 0 Å². The van der Waals surface area contributed by atoms with Crippen molar-refractivity contribution in [2.45, 2.75) is 19.9 Å². The number of carbonyl (C=O) groups is 1. The van der Waals surface area contributed by atoms with Crippen LogP contribution in [0.15, 0.2) is 54.6 Å². The molecule has 0 saturated heterocycles. The Labute approximate surface area is 167 Å². The zero-order valence-electron chi connectivity index (χ0n) is 14.8. The molecule has 3 nitrogen and oxygen atoms in total. The van der Waals surface area contributed by atoms with E-state index in [2.05, 4.69) is 29.7 Å². The largest absolute Gasteiger partial charge is 0.366 e. The Morgan fingerprint density at radius 1 is 1.04 bits per heavy atom. The maximum absolute atomic E-state index is 12.0. The Balaban J connectivity index is 2.06. The minimum atomic E-state index is -0.431. The Hall–Kier alpha value is -2.49. The molecule has 0 atom stereocenters. The van der Waals surface area contributed by atoms with Gasteiger partial charge in [-0.1, -0.05) is 48.3 Å². The van der Waals surface area contributed by atoms with Gasteiger partial charge >= 0.3 is 0 Å². The molecule has 136 valence electrons. The average molecular weight is 397 g/mol. The van der Waals surface area contributed by atoms with Crippen molar-refractivity contribution < 1.29 is 4.79 Å². The Kier molecular flexibility index (Phi) is 4.58. The summed E-state index contributed by atoms with van der Waals surface area (Å²) in [5.74, 6) is -0.431. The standard InChI is InChI=1S/C22H18Cl2N2O/c1-2-13-6-8-16-20(10-13)26(12-14-11-15(23)7-9-18(14)24)19-5-3-4-17(21(16)19)22(25)27/h3-11H,2,12H2,1H3,(H2,25,27). The smallest absolute Gasteiger partial charge is 0.249 e. The van der Waals surface area contributed by atoms with Crippen molar-refractivity contribution in [3.8, 4) is 0 Å². The zero-order chi connectivity index (χ0) is 19.1. The molecule has 0 spiro atoms. The van der Waals surface area contributed by atoms with Crippen molar-refractivity contribution in [2.24, 2.45) is 5.73 Å². The summed E-state index contributed by atoms with van der Waals surface area (Å²) in [4.78, 5) is 12.0. The van der Waals surface area contributed by atoms with Crippen LogP contribution in [0, 0.1) is 0 Å². The zero-order valence-corrected chi connectivity index (χ0v) is 16.3. The van der Waals surface area contributed by atoms with Crippen LogP contribution in [0.4, 0.5) is 0 Å². The van der Waals surface area contributed by atoms with Crippen molar-refractivity contribution in [2.75, 3.05) is 0 Å². The third-order valence-corrected chi connectivity index (χ3v) is 5.57. The third-order valence-electron chi connectivity index (χ3n) is 4.97. The van der Waals surface area contributed by atoms with Gasteiger partial charge in [0.25, 0.3) is 0 Å². The number of amides is 1. The fourth-order valence-electron chi connectivity index (χ4n) is 3.62. The molecule has 4 rings (SSSR count). The van der Waals surface area contributed by atoms with E-state index in [0.717, 1.165) is 33.8 Å². The van der Waals surface area contributed by atoms with Crippen molar-refractivity contribution in [1.82, 2.24) is 4.57 Å². The summed E-state index contributed by atoms with van der Waals surface area (Å²) in [6.45, 7) is 2.67. The number of benzene rings is 3. The van der Waals surface area contributed by atoms with Crippen LogP contribution in [0.2, 0.25) is 10.0 Å². The monoisotopic (exact) mass is 396 g/mol. The van der Waals surface area contributed by atoms with Gasteiger partial charge in [-0.15, -0.1) is 0 Å². The van der Waals surface area contributed by atoms with Crippen molar-refractivity contribution in [3.63, 3.8) is 0 Å². The summed E-state index contributed by atoms with van der Waals surface area (Å²) in [6, 6.07) is 17.4. The van der Waals surface area contributed by atoms with Crippen LogP contribution in [0.25, 0.3) is 21.8 Å². The number of rotatable bonds is 4. The number of aryl methyl sites for hydroxylation is 1. The first kappa shape index (κ1) is 17.9. The van der Waals surface area contributed by atoms with E-state index in [1.165, 1.54) is 5.56 Å². The SMILES string of the molecule is CCc1ccc2c3c(C(N)=O)cccc3n(Cc3cc(Cl)ccc3Cl)c2c1. The fourth-order valence-corrected chi connectivity index (χ4v) is 3.99. The van der Waals surface area contributed by atoms with E-state index in [1.807, 2.05) is 18.2 Å². The normalized spacial score (nSPS) is 11.4. The number of carbonyl (C=O) groups excluding carboxylic acids is 1. The number of hydrogen-bond donors (Lipinski definition) is 1. The number of halogens is 2. The molecule has 5 heteroatoms. The molecule has 27 heavy (non-hydrogen) atoms. The van der Waals surface area contributed by atoms with E-state index < -0.39 is 5.91 Å². The molecule has 3 aromatic carbocycles. The number of nitrogens with two attached hydrogens (primary N) is 1. The Morgan fingerprint density at radius 2 is 1.85 bits per heavy atom. The predicted octanol–water partition coefficient (Wildman–Crippen LogP) is 5.81. The van der Waals surface area contributed by atoms with Gasteiger partial charge in [0.05, 0.1) is 5.52 Å². The van der Waals surface area contributed by atoms with Gasteiger partial charge in [-0.2, -0.15) is 0 Å². The van der Waals surface area contributed by atoms with Crippen LogP contribution in [-0.2, 0) is 13.0 Å². The molecule has 0 fully saturated rings. The minimum Gasteiger partial charge on any atom is -0.366 e. The highest BCUT2D eigenvalue weighted by molar-refractivity contribution is 6.33. The highest BCUT2D eigenvalue weighted by Gasteiger charge is 2.17. The topological polar surface area (TPSA) is 48.0 Å². The Bertz CT molecular complexity index is 1190. The summed E-state index contributed by atoms with van der Waals surface area (Å²) in [7, 11) is 0. The van der Waals surface area contributed by atoms with E-state index in [0.29, 0.717) is 22.2 Å². The number of hydrogen-bond acceptors (Lipinski definition) is 1. The molecule has 4 aromatic rings. The number of nitrogens with zero attached hydrogens (tertiary/aromatic N) is 1. The first-order valence-electron chi connectivity index (χ1n) is 8.77. The molecule has 1 heterocycles. The maximum atomic E-state index is 12.0. The lowest BCUT2D eigenvalue weighted by atomic mass is 10.0. The molecule has 2 N–H and O–H groups in total. The van der Waals surface area contributed by atoms with Crippen molar-refractivity contribution in [3.05, 3.63) is 81.3 Å². The van der Waals surface area contributed by atoms with E-state index in [4.69, 9.17) is 28.9 Å². The van der Waals surface area contributed by atoms with Crippen LogP contribution in [0.5, 0.6) is 0 Å². The first-order valence-corrected chi connectivity index (χ1v) is 9.52. The quantitative estimate of drug-likeness (QED) is 0.464. The molecule has 1 amide bonds. The van der Waals surface area contributed by atoms with Crippen LogP contribution in [0.1, 0.15) is 28.4 Å². The molecular formula is C22H18Cl2N2O. The highest BCUT2D eigenvalue weighted by atomic mass is 35.5. The third kappa shape index (κ3) is 3.07. The molecule has 0 unspecified atom stereocenters. The number of aromatic nitrogens is 1. The molecule has 0 aliphatic carbocycles. The average Bonchev–Trinajstić information content (AvgIpc) is 2.97. The summed E-state index contributed by atoms with van der Waals surface area (Å²) in [5, 5.41) is 3.19. The highest BCUT2D eigenvalue weighted by Crippen LogP contribution is 2.34. The van der Waals surface area contributed by atoms with E-state index >= 15 is 0 Å². The summed E-state index contributed by atoms with van der Waals surface area (Å²) in [6.07, 6.45) is 0.929. The van der Waals surface area contributed by atoms with Crippen LogP contribution in [-0.4, -0.2) is 10.5 Å². The van der Waals surface area contributed by atoms with Gasteiger partial charge in [0, 0.05) is 38.4 Å². The summed E-state index contributed by atoms with van der Waals surface area (Å²) in [5.41, 5.74) is 10.3. The van der Waals surface area contributed by atoms with Crippen LogP contribution in [0.3, 0.4) is 0 Å². The van der Waals surface area contributed by atoms with Crippen molar-refractivity contribution in [1.29, 1.82) is 0 Å². The maximum Gasteiger partial charge on any atom is 0.249 e. The summed E-state index contributed by atoms with van der Waals surface area (Å²) >= 11 is 12.6. The molecule has 0 bridgehead atoms. The summed E-state index contributed by atoms with van der Waals surface area (Å²) < 4.78 is 2.17. The molecule has 0 radical (unpaired) electrons. The molecule has 0 aliphatic heterocycles. The second kappa shape index (κ2) is 6.91. The van der Waals surface area contributed by atoms with E-state index in [9.17, 15) is 4.79 Å². The lowest BCUT2D eigenvalue weighted by Crippen LogP contribution is -2.11. The molecule has 0 saturated carbocycles. The molecule has 0 aliphatic rings. The van der Waals surface area contributed by atoms with Gasteiger partial charge in [0.15, 0.2) is 0 Å². The predicted molar refractivity (Wildman–Crippen MR) is 113 cm³/mol. The second-order valence-electron chi connectivity index (χ2n) is 6.59. The number of fused-ring (bicyclic) bond motifs is 3. The lowest BCUT2D eigenvalue weighted by molar-refractivity contribution is 0.100. The second-order valence-corrected chi connectivity index (χ2v) is 7.43. The van der Waals surface area contributed by atoms with E-state index in [1.54, 1.807) is 18.2 Å². The van der Waals surface area contributed by atoms with Crippen molar-refractivity contribution >= 4 is 50.9 Å². The van der Waals surface area contributed by atoms with Gasteiger partial charge < -0.3 is 10.3 Å². The van der Waals surface area contributed by atoms with Gasteiger partial charge in [-0.05, 0) is 53.9 Å². The fraction of sp³-hybridized carbons (Fsp3) is 0.136. The molecular weight excluding hydrogens is 379 g/mol. The van der Waals surface area contributed by atoms with Gasteiger partial charge in [-0.25, -0.2) is 0 Å². The minimum absolute atomic E-state index is 0.431. The van der Waals surface area contributed by atoms with Gasteiger partial charge in [0.2, 0.25) is 5.91 Å². The van der Waals surface area contributed by atoms with E-state index in [-0.39, 0.29) is 0 Å². The van der Waals surface area contributed by atoms with Gasteiger partial charge in [-0.3, -0.25) is 4.79 Å². The van der Waals surface area contributed by atoms with Crippen LogP contribution >= 0.6 is 23.2 Å². The molecule has 1 aromatic heterocycles.